The van der Waals surface area contributed by atoms with Crippen molar-refractivity contribution in [3.05, 3.63) is 53.9 Å². The van der Waals surface area contributed by atoms with Gasteiger partial charge in [-0.25, -0.2) is 14.4 Å². The average molecular weight is 493 g/mol. The lowest BCUT2D eigenvalue weighted by Crippen LogP contribution is -2.36. The predicted octanol–water partition coefficient (Wildman–Crippen LogP) is 5.09. The summed E-state index contributed by atoms with van der Waals surface area (Å²) in [6.07, 6.45) is 11.3. The van der Waals surface area contributed by atoms with E-state index in [0.717, 1.165) is 69.9 Å². The molecule has 1 aromatic heterocycles. The molecule has 3 heterocycles. The first-order chi connectivity index (χ1) is 17.6. The normalized spacial score (nSPS) is 23.0. The number of ether oxygens (including phenoxy) is 1. The van der Waals surface area contributed by atoms with Gasteiger partial charge in [0, 0.05) is 37.9 Å². The Kier molecular flexibility index (Phi) is 7.83. The summed E-state index contributed by atoms with van der Waals surface area (Å²) in [6, 6.07) is 8.35. The number of carbonyl (C=O) groups excluding carboxylic acids is 1. The second kappa shape index (κ2) is 11.4. The van der Waals surface area contributed by atoms with Gasteiger partial charge in [0.1, 0.15) is 11.9 Å². The van der Waals surface area contributed by atoms with Gasteiger partial charge in [-0.1, -0.05) is 25.1 Å². The first-order valence-corrected chi connectivity index (χ1v) is 13.5. The second-order valence-electron chi connectivity index (χ2n) is 10.4. The number of likely N-dealkylation sites (tertiary alicyclic amines) is 1. The Bertz CT molecular complexity index is 1050. The van der Waals surface area contributed by atoms with E-state index >= 15 is 0 Å². The molecule has 192 valence electrons. The van der Waals surface area contributed by atoms with Crippen molar-refractivity contribution in [3.8, 4) is 5.75 Å². The Morgan fingerprint density at radius 3 is 2.42 bits per heavy atom. The van der Waals surface area contributed by atoms with Crippen LogP contribution in [0.5, 0.6) is 5.75 Å². The third kappa shape index (κ3) is 5.88. The zero-order valence-electron chi connectivity index (χ0n) is 21.2. The fourth-order valence-corrected chi connectivity index (χ4v) is 5.47. The fourth-order valence-electron chi connectivity index (χ4n) is 5.47. The van der Waals surface area contributed by atoms with E-state index in [1.54, 1.807) is 4.90 Å². The minimum Gasteiger partial charge on any atom is -0.493 e. The molecule has 2 aliphatic heterocycles. The Hall–Kier alpha value is -2.96. The van der Waals surface area contributed by atoms with E-state index in [1.165, 1.54) is 16.7 Å². The van der Waals surface area contributed by atoms with E-state index in [1.807, 2.05) is 12.4 Å². The molecule has 0 radical (unpaired) electrons. The van der Waals surface area contributed by atoms with Crippen molar-refractivity contribution in [1.29, 1.82) is 0 Å². The molecular weight excluding hydrogens is 455 g/mol. The van der Waals surface area contributed by atoms with Gasteiger partial charge in [-0.2, -0.15) is 0 Å². The molecule has 7 heteroatoms. The molecule has 2 unspecified atom stereocenters. The average Bonchev–Trinajstić information content (AvgIpc) is 3.38. The molecule has 6 nitrogen and oxygen atoms in total. The zero-order chi connectivity index (χ0) is 24.9. The number of alkyl halides is 1. The van der Waals surface area contributed by atoms with Gasteiger partial charge >= 0.3 is 0 Å². The third-order valence-electron chi connectivity index (χ3n) is 7.91. The Balaban J connectivity index is 1.06. The minimum atomic E-state index is -0.852. The van der Waals surface area contributed by atoms with Crippen LogP contribution < -0.4 is 9.64 Å². The van der Waals surface area contributed by atoms with Crippen molar-refractivity contribution in [2.24, 2.45) is 11.8 Å². The number of aromatic nitrogens is 2. The molecule has 3 aliphatic rings. The van der Waals surface area contributed by atoms with Gasteiger partial charge in [-0.3, -0.25) is 4.79 Å². The van der Waals surface area contributed by atoms with E-state index in [0.29, 0.717) is 18.9 Å². The first-order valence-electron chi connectivity index (χ1n) is 13.5. The predicted molar refractivity (Wildman–Crippen MR) is 140 cm³/mol. The van der Waals surface area contributed by atoms with Gasteiger partial charge < -0.3 is 14.5 Å². The molecule has 36 heavy (non-hydrogen) atoms. The van der Waals surface area contributed by atoms with Crippen LogP contribution in [0.4, 0.5) is 10.3 Å². The molecular formula is C29H37FN4O2. The summed E-state index contributed by atoms with van der Waals surface area (Å²) in [5.41, 5.74) is 3.65. The summed E-state index contributed by atoms with van der Waals surface area (Å²) in [5.74, 6) is 2.39. The largest absolute Gasteiger partial charge is 0.493 e. The number of benzene rings is 1. The highest BCUT2D eigenvalue weighted by atomic mass is 19.1. The smallest absolute Gasteiger partial charge is 0.226 e. The van der Waals surface area contributed by atoms with Gasteiger partial charge in [0.25, 0.3) is 0 Å². The van der Waals surface area contributed by atoms with Crippen LogP contribution in [-0.4, -0.2) is 59.7 Å². The number of hydrogen-bond acceptors (Lipinski definition) is 5. The van der Waals surface area contributed by atoms with Crippen molar-refractivity contribution < 1.29 is 13.9 Å². The quantitative estimate of drug-likeness (QED) is 0.539. The summed E-state index contributed by atoms with van der Waals surface area (Å²) in [6.45, 7) is 5.60. The van der Waals surface area contributed by atoms with E-state index in [4.69, 9.17) is 4.74 Å². The highest BCUT2D eigenvalue weighted by molar-refractivity contribution is 5.81. The van der Waals surface area contributed by atoms with Gasteiger partial charge in [0.05, 0.1) is 13.2 Å². The number of rotatable bonds is 7. The van der Waals surface area contributed by atoms with Gasteiger partial charge in [-0.05, 0) is 79.7 Å². The first kappa shape index (κ1) is 24.7. The van der Waals surface area contributed by atoms with Crippen LogP contribution in [0.1, 0.15) is 56.6 Å². The molecule has 1 aromatic carbocycles. The fraction of sp³-hybridized carbons (Fsp3) is 0.552. The third-order valence-corrected chi connectivity index (χ3v) is 7.91. The molecule has 0 bridgehead atoms. The van der Waals surface area contributed by atoms with Crippen molar-refractivity contribution in [1.82, 2.24) is 14.9 Å². The van der Waals surface area contributed by atoms with E-state index in [9.17, 15) is 9.18 Å². The molecule has 2 fully saturated rings. The lowest BCUT2D eigenvalue weighted by atomic mass is 9.86. The molecule has 2 atom stereocenters. The number of hydrogen-bond donors (Lipinski definition) is 0. The Morgan fingerprint density at radius 1 is 1.06 bits per heavy atom. The number of amides is 1. The maximum Gasteiger partial charge on any atom is 0.226 e. The second-order valence-corrected chi connectivity index (χ2v) is 10.4. The van der Waals surface area contributed by atoms with Crippen molar-refractivity contribution in [2.75, 3.05) is 37.7 Å². The van der Waals surface area contributed by atoms with Crippen molar-refractivity contribution >= 4 is 17.4 Å². The minimum absolute atomic E-state index is 0.00432. The Morgan fingerprint density at radius 2 is 1.81 bits per heavy atom. The lowest BCUT2D eigenvalue weighted by Gasteiger charge is -2.31. The molecule has 5 rings (SSSR count). The lowest BCUT2D eigenvalue weighted by molar-refractivity contribution is -0.134. The Labute approximate surface area is 213 Å². The van der Waals surface area contributed by atoms with Crippen LogP contribution in [-0.2, 0) is 11.2 Å². The zero-order valence-corrected chi connectivity index (χ0v) is 21.2. The maximum absolute atomic E-state index is 13.5. The number of allylic oxidation sites excluding steroid dienone is 2. The van der Waals surface area contributed by atoms with Gasteiger partial charge in [0.2, 0.25) is 11.9 Å². The number of anilines is 1. The van der Waals surface area contributed by atoms with E-state index in [-0.39, 0.29) is 18.4 Å². The number of nitrogens with zero attached hydrogens (tertiary/aromatic N) is 4. The highest BCUT2D eigenvalue weighted by Crippen LogP contribution is 2.33. The van der Waals surface area contributed by atoms with E-state index in [2.05, 4.69) is 52.1 Å². The maximum atomic E-state index is 13.5. The van der Waals surface area contributed by atoms with Crippen LogP contribution in [0.3, 0.4) is 0 Å². The van der Waals surface area contributed by atoms with Crippen LogP contribution in [0, 0.1) is 11.8 Å². The monoisotopic (exact) mass is 492 g/mol. The number of aryl methyl sites for hydroxylation is 1. The summed E-state index contributed by atoms with van der Waals surface area (Å²) < 4.78 is 19.6. The molecule has 2 aromatic rings. The molecule has 1 aliphatic carbocycles. The van der Waals surface area contributed by atoms with Gasteiger partial charge in [0.15, 0.2) is 0 Å². The summed E-state index contributed by atoms with van der Waals surface area (Å²) in [4.78, 5) is 25.7. The topological polar surface area (TPSA) is 58.6 Å². The van der Waals surface area contributed by atoms with E-state index < -0.39 is 6.17 Å². The van der Waals surface area contributed by atoms with Crippen LogP contribution in [0.25, 0.3) is 5.57 Å². The summed E-state index contributed by atoms with van der Waals surface area (Å²) >= 11 is 0. The van der Waals surface area contributed by atoms with Crippen LogP contribution >= 0.6 is 0 Å². The number of piperidine rings is 1. The molecule has 0 N–H and O–H groups in total. The number of carbonyl (C=O) groups is 1. The van der Waals surface area contributed by atoms with Crippen molar-refractivity contribution in [2.45, 2.75) is 58.0 Å². The number of halogens is 1. The summed E-state index contributed by atoms with van der Waals surface area (Å²) in [5, 5.41) is 0. The van der Waals surface area contributed by atoms with Gasteiger partial charge in [-0.15, -0.1) is 0 Å². The van der Waals surface area contributed by atoms with Crippen molar-refractivity contribution in [3.63, 3.8) is 0 Å². The standard InChI is InChI=1S/C29H37FN4O2/c1-2-21-17-31-29(32-18-21)33-14-11-22(12-15-33)20-36-27-9-7-24(8-10-27)23-3-5-25(6-4-23)28(35)34-16-13-26(30)19-34/h3,7-10,17-18,22,25-26H,2,4-6,11-16,19-20H2,1H3. The molecule has 0 saturated carbocycles. The highest BCUT2D eigenvalue weighted by Gasteiger charge is 2.31. The molecule has 0 spiro atoms. The SMILES string of the molecule is CCc1cnc(N2CCC(COc3ccc(C4=CCC(C(=O)N5CCC(F)C5)CC4)cc3)CC2)nc1. The molecule has 2 saturated heterocycles. The van der Waals surface area contributed by atoms with Crippen LogP contribution in [0.15, 0.2) is 42.7 Å². The summed E-state index contributed by atoms with van der Waals surface area (Å²) in [7, 11) is 0. The van der Waals surface area contributed by atoms with Crippen LogP contribution in [0.2, 0.25) is 0 Å². The molecule has 1 amide bonds.